The molecule has 1 amide bonds. The van der Waals surface area contributed by atoms with Crippen molar-refractivity contribution in [3.63, 3.8) is 0 Å². The van der Waals surface area contributed by atoms with Gasteiger partial charge < -0.3 is 15.5 Å². The number of benzene rings is 1. The molecule has 2 aliphatic heterocycles. The second-order valence-corrected chi connectivity index (χ2v) is 9.53. The van der Waals surface area contributed by atoms with Crippen LogP contribution in [-0.2, 0) is 6.42 Å². The maximum absolute atomic E-state index is 15.3. The Kier molecular flexibility index (Phi) is 5.77. The van der Waals surface area contributed by atoms with E-state index in [9.17, 15) is 4.79 Å². The van der Waals surface area contributed by atoms with Gasteiger partial charge in [-0.15, -0.1) is 0 Å². The molecular formula is C26H29FN6O. The Morgan fingerprint density at radius 1 is 1.09 bits per heavy atom. The minimum atomic E-state index is -0.538. The van der Waals surface area contributed by atoms with Gasteiger partial charge in [-0.3, -0.25) is 4.79 Å². The number of nitrogen functional groups attached to an aromatic ring is 1. The van der Waals surface area contributed by atoms with E-state index in [1.54, 1.807) is 29.3 Å². The van der Waals surface area contributed by atoms with E-state index in [1.165, 1.54) is 12.4 Å². The number of anilines is 1. The lowest BCUT2D eigenvalue weighted by molar-refractivity contribution is -0.0269. The second-order valence-electron chi connectivity index (χ2n) is 9.53. The fourth-order valence-corrected chi connectivity index (χ4v) is 5.37. The number of amides is 1. The van der Waals surface area contributed by atoms with E-state index in [-0.39, 0.29) is 11.5 Å². The van der Waals surface area contributed by atoms with Gasteiger partial charge in [-0.1, -0.05) is 13.0 Å². The normalized spacial score (nSPS) is 17.6. The van der Waals surface area contributed by atoms with E-state index >= 15 is 4.39 Å². The van der Waals surface area contributed by atoms with Gasteiger partial charge in [0.15, 0.2) is 0 Å². The molecule has 4 heterocycles. The highest BCUT2D eigenvalue weighted by Crippen LogP contribution is 2.40. The van der Waals surface area contributed by atoms with Crippen LogP contribution in [0, 0.1) is 11.2 Å². The summed E-state index contributed by atoms with van der Waals surface area (Å²) in [4.78, 5) is 30.3. The van der Waals surface area contributed by atoms with E-state index in [0.29, 0.717) is 42.0 Å². The van der Waals surface area contributed by atoms with Crippen LogP contribution in [0.15, 0.2) is 42.9 Å². The molecule has 2 aromatic heterocycles. The lowest BCUT2D eigenvalue weighted by Gasteiger charge is -2.52. The zero-order chi connectivity index (χ0) is 23.9. The highest BCUT2D eigenvalue weighted by atomic mass is 19.1. The van der Waals surface area contributed by atoms with Crippen molar-refractivity contribution in [2.24, 2.45) is 5.41 Å². The number of likely N-dealkylation sites (tertiary alicyclic amines) is 2. The number of nitrogens with two attached hydrogens (primary N) is 1. The standard InChI is InChI=1S/C26H29FN6O/c1-3-21-23(18-5-7-22(28)29-13-18)24(31-16-30-21)17-4-6-19(20(27)12-17)25(34)33-10-8-26(9-11-33)14-32(2)15-26/h4-7,12-13,16H,3,8-11,14-15H2,1-2H3,(H2,28,29). The third-order valence-corrected chi connectivity index (χ3v) is 7.13. The lowest BCUT2D eigenvalue weighted by atomic mass is 9.72. The summed E-state index contributed by atoms with van der Waals surface area (Å²) >= 11 is 0. The Hall–Kier alpha value is -3.39. The number of hydrogen-bond donors (Lipinski definition) is 1. The Morgan fingerprint density at radius 3 is 2.44 bits per heavy atom. The molecule has 2 aliphatic rings. The van der Waals surface area contributed by atoms with Crippen molar-refractivity contribution in [3.8, 4) is 22.4 Å². The summed E-state index contributed by atoms with van der Waals surface area (Å²) in [6.45, 7) is 5.53. The quantitative estimate of drug-likeness (QED) is 0.639. The zero-order valence-electron chi connectivity index (χ0n) is 19.6. The average Bonchev–Trinajstić information content (AvgIpc) is 2.83. The first-order valence-corrected chi connectivity index (χ1v) is 11.7. The third-order valence-electron chi connectivity index (χ3n) is 7.13. The molecule has 1 spiro atoms. The van der Waals surface area contributed by atoms with E-state index in [1.807, 2.05) is 13.0 Å². The number of nitrogens with zero attached hydrogens (tertiary/aromatic N) is 5. The molecule has 5 rings (SSSR count). The summed E-state index contributed by atoms with van der Waals surface area (Å²) < 4.78 is 15.3. The van der Waals surface area contributed by atoms with Crippen molar-refractivity contribution < 1.29 is 9.18 Å². The highest BCUT2D eigenvalue weighted by Gasteiger charge is 2.43. The molecule has 0 radical (unpaired) electrons. The number of pyridine rings is 1. The number of hydrogen-bond acceptors (Lipinski definition) is 6. The number of rotatable bonds is 4. The van der Waals surface area contributed by atoms with E-state index in [4.69, 9.17) is 5.73 Å². The van der Waals surface area contributed by atoms with Crippen LogP contribution < -0.4 is 5.73 Å². The number of aryl methyl sites for hydroxylation is 1. The second kappa shape index (κ2) is 8.76. The largest absolute Gasteiger partial charge is 0.384 e. The molecular weight excluding hydrogens is 431 g/mol. The molecule has 2 saturated heterocycles. The van der Waals surface area contributed by atoms with E-state index in [0.717, 1.165) is 42.8 Å². The Labute approximate surface area is 198 Å². The van der Waals surface area contributed by atoms with Crippen LogP contribution in [0.1, 0.15) is 35.8 Å². The van der Waals surface area contributed by atoms with Crippen molar-refractivity contribution in [1.29, 1.82) is 0 Å². The van der Waals surface area contributed by atoms with Crippen molar-refractivity contribution in [3.05, 3.63) is 59.9 Å². The summed E-state index contributed by atoms with van der Waals surface area (Å²) in [6.07, 6.45) is 5.79. The first kappa shape index (κ1) is 22.4. The van der Waals surface area contributed by atoms with E-state index < -0.39 is 5.82 Å². The molecule has 2 fully saturated rings. The first-order valence-electron chi connectivity index (χ1n) is 11.7. The number of carbonyl (C=O) groups excluding carboxylic acids is 1. The monoisotopic (exact) mass is 460 g/mol. The van der Waals surface area contributed by atoms with Gasteiger partial charge in [0, 0.05) is 49.1 Å². The SMILES string of the molecule is CCc1ncnc(-c2ccc(C(=O)N3CCC4(CC3)CN(C)C4)c(F)c2)c1-c1ccc(N)nc1. The average molecular weight is 461 g/mol. The van der Waals surface area contributed by atoms with Crippen LogP contribution in [-0.4, -0.2) is 63.9 Å². The Balaban J connectivity index is 1.42. The molecule has 0 bridgehead atoms. The minimum absolute atomic E-state index is 0.103. The Bertz CT molecular complexity index is 1210. The van der Waals surface area contributed by atoms with Crippen LogP contribution in [0.2, 0.25) is 0 Å². The number of aromatic nitrogens is 3. The molecule has 0 saturated carbocycles. The molecule has 8 heteroatoms. The summed E-state index contributed by atoms with van der Waals surface area (Å²) in [5.41, 5.74) is 9.83. The topological polar surface area (TPSA) is 88.2 Å². The van der Waals surface area contributed by atoms with Crippen molar-refractivity contribution in [1.82, 2.24) is 24.8 Å². The molecule has 1 aromatic carbocycles. The van der Waals surface area contributed by atoms with Gasteiger partial charge in [-0.25, -0.2) is 19.3 Å². The van der Waals surface area contributed by atoms with Crippen LogP contribution in [0.25, 0.3) is 22.4 Å². The molecule has 0 aliphatic carbocycles. The lowest BCUT2D eigenvalue weighted by Crippen LogP contribution is -2.59. The first-order chi connectivity index (χ1) is 16.4. The van der Waals surface area contributed by atoms with Gasteiger partial charge in [0.25, 0.3) is 5.91 Å². The summed E-state index contributed by atoms with van der Waals surface area (Å²) in [5.74, 6) is -0.363. The van der Waals surface area contributed by atoms with E-state index in [2.05, 4.69) is 26.9 Å². The molecule has 0 atom stereocenters. The summed E-state index contributed by atoms with van der Waals surface area (Å²) in [5, 5.41) is 0. The number of piperidine rings is 1. The maximum atomic E-state index is 15.3. The number of carbonyl (C=O) groups is 1. The van der Waals surface area contributed by atoms with Gasteiger partial charge in [-0.2, -0.15) is 0 Å². The van der Waals surface area contributed by atoms with Crippen LogP contribution >= 0.6 is 0 Å². The van der Waals surface area contributed by atoms with Crippen LogP contribution in [0.3, 0.4) is 0 Å². The smallest absolute Gasteiger partial charge is 0.256 e. The van der Waals surface area contributed by atoms with Crippen LogP contribution in [0.5, 0.6) is 0 Å². The molecule has 7 nitrogen and oxygen atoms in total. The van der Waals surface area contributed by atoms with Gasteiger partial charge in [0.2, 0.25) is 0 Å². The van der Waals surface area contributed by atoms with Crippen LogP contribution in [0.4, 0.5) is 10.2 Å². The van der Waals surface area contributed by atoms with Crippen molar-refractivity contribution in [2.75, 3.05) is 39.0 Å². The van der Waals surface area contributed by atoms with Gasteiger partial charge in [0.1, 0.15) is 18.0 Å². The van der Waals surface area contributed by atoms with Crippen molar-refractivity contribution in [2.45, 2.75) is 26.2 Å². The van der Waals surface area contributed by atoms with Crippen molar-refractivity contribution >= 4 is 11.7 Å². The Morgan fingerprint density at radius 2 is 1.82 bits per heavy atom. The number of halogens is 1. The molecule has 0 unspecified atom stereocenters. The molecule has 2 N–H and O–H groups in total. The fraction of sp³-hybridized carbons (Fsp3) is 0.385. The zero-order valence-corrected chi connectivity index (χ0v) is 19.6. The third kappa shape index (κ3) is 4.03. The van der Waals surface area contributed by atoms with Gasteiger partial charge in [0.05, 0.1) is 17.0 Å². The molecule has 3 aromatic rings. The predicted octanol–water partition coefficient (Wildman–Crippen LogP) is 3.66. The highest BCUT2D eigenvalue weighted by molar-refractivity contribution is 5.95. The maximum Gasteiger partial charge on any atom is 0.256 e. The molecule has 34 heavy (non-hydrogen) atoms. The van der Waals surface area contributed by atoms with Gasteiger partial charge in [-0.05, 0) is 56.0 Å². The predicted molar refractivity (Wildman–Crippen MR) is 130 cm³/mol. The fourth-order valence-electron chi connectivity index (χ4n) is 5.37. The van der Waals surface area contributed by atoms with Gasteiger partial charge >= 0.3 is 0 Å². The summed E-state index contributed by atoms with van der Waals surface area (Å²) in [6, 6.07) is 8.32. The minimum Gasteiger partial charge on any atom is -0.384 e. The molecule has 176 valence electrons. The summed E-state index contributed by atoms with van der Waals surface area (Å²) in [7, 11) is 2.12.